The monoisotopic (exact) mass is 530 g/mol. The van der Waals surface area contributed by atoms with Gasteiger partial charge in [0, 0.05) is 6.42 Å². The molecular formula is C29H54O8. The van der Waals surface area contributed by atoms with E-state index in [-0.39, 0.29) is 17.9 Å². The van der Waals surface area contributed by atoms with Crippen LogP contribution in [0, 0.1) is 0 Å². The summed E-state index contributed by atoms with van der Waals surface area (Å²) in [5.41, 5.74) is -1.80. The van der Waals surface area contributed by atoms with Crippen LogP contribution in [0.1, 0.15) is 123 Å². The number of unbranched alkanes of at least 4 members (excludes halogenated alkanes) is 14. The molecule has 0 aromatic rings. The Morgan fingerprint density at radius 2 is 1.16 bits per heavy atom. The minimum Gasteiger partial charge on any atom is -0.490 e. The van der Waals surface area contributed by atoms with E-state index < -0.39 is 37.0 Å². The lowest BCUT2D eigenvalue weighted by Crippen LogP contribution is -2.50. The molecule has 0 aromatic heterocycles. The minimum atomic E-state index is -1.80. The number of aliphatic hydroxyl groups excluding tert-OH is 4. The Hall–Kier alpha value is -1.35. The SMILES string of the molecule is CCCCCCCCCCCCOC1=C(OCCCCCCCC)C(=O)O[C@]1(CC(O)CO)[C@@H](O)CO. The normalized spacial score (nSPS) is 19.2. The lowest BCUT2D eigenvalue weighted by molar-refractivity contribution is -0.171. The summed E-state index contributed by atoms with van der Waals surface area (Å²) in [5, 5.41) is 39.9. The van der Waals surface area contributed by atoms with Gasteiger partial charge in [0.1, 0.15) is 6.10 Å². The van der Waals surface area contributed by atoms with Gasteiger partial charge in [-0.15, -0.1) is 0 Å². The molecule has 8 heteroatoms. The maximum Gasteiger partial charge on any atom is 0.378 e. The van der Waals surface area contributed by atoms with Gasteiger partial charge in [-0.05, 0) is 12.8 Å². The second kappa shape index (κ2) is 20.6. The van der Waals surface area contributed by atoms with Gasteiger partial charge in [-0.25, -0.2) is 4.79 Å². The topological polar surface area (TPSA) is 126 Å². The molecule has 0 spiro atoms. The van der Waals surface area contributed by atoms with Gasteiger partial charge in [-0.1, -0.05) is 104 Å². The van der Waals surface area contributed by atoms with Gasteiger partial charge < -0.3 is 34.6 Å². The number of hydrogen-bond acceptors (Lipinski definition) is 8. The number of aliphatic hydroxyl groups is 4. The van der Waals surface area contributed by atoms with E-state index in [1.807, 2.05) is 0 Å². The molecule has 8 nitrogen and oxygen atoms in total. The van der Waals surface area contributed by atoms with E-state index in [1.165, 1.54) is 64.2 Å². The molecule has 0 fully saturated rings. The minimum absolute atomic E-state index is 0.00783. The lowest BCUT2D eigenvalue weighted by atomic mass is 9.88. The van der Waals surface area contributed by atoms with Crippen LogP contribution in [0.15, 0.2) is 11.5 Å². The molecule has 0 bridgehead atoms. The largest absolute Gasteiger partial charge is 0.490 e. The van der Waals surface area contributed by atoms with Crippen molar-refractivity contribution in [3.8, 4) is 0 Å². The molecule has 0 aromatic carbocycles. The zero-order valence-electron chi connectivity index (χ0n) is 23.4. The predicted molar refractivity (Wildman–Crippen MR) is 144 cm³/mol. The highest BCUT2D eigenvalue weighted by Crippen LogP contribution is 2.41. The second-order valence-corrected chi connectivity index (χ2v) is 10.3. The smallest absolute Gasteiger partial charge is 0.378 e. The van der Waals surface area contributed by atoms with Crippen molar-refractivity contribution in [3.63, 3.8) is 0 Å². The van der Waals surface area contributed by atoms with Crippen LogP contribution in [0.4, 0.5) is 0 Å². The molecule has 4 N–H and O–H groups in total. The van der Waals surface area contributed by atoms with Crippen molar-refractivity contribution in [2.45, 2.75) is 141 Å². The Bertz CT molecular complexity index is 623. The maximum absolute atomic E-state index is 12.8. The van der Waals surface area contributed by atoms with Crippen molar-refractivity contribution in [1.82, 2.24) is 0 Å². The number of ether oxygens (including phenoxy) is 3. The summed E-state index contributed by atoms with van der Waals surface area (Å²) in [6.07, 6.45) is 15.0. The van der Waals surface area contributed by atoms with Crippen molar-refractivity contribution >= 4 is 5.97 Å². The summed E-state index contributed by atoms with van der Waals surface area (Å²) in [7, 11) is 0. The van der Waals surface area contributed by atoms with Crippen molar-refractivity contribution in [3.05, 3.63) is 11.5 Å². The molecule has 1 heterocycles. The molecule has 0 saturated heterocycles. The fraction of sp³-hybridized carbons (Fsp3) is 0.897. The van der Waals surface area contributed by atoms with Crippen LogP contribution >= 0.6 is 0 Å². The van der Waals surface area contributed by atoms with Gasteiger partial charge in [-0.2, -0.15) is 0 Å². The fourth-order valence-electron chi connectivity index (χ4n) is 4.73. The van der Waals surface area contributed by atoms with Crippen molar-refractivity contribution < 1.29 is 39.4 Å². The highest BCUT2D eigenvalue weighted by Gasteiger charge is 2.56. The van der Waals surface area contributed by atoms with Gasteiger partial charge in [0.2, 0.25) is 11.4 Å². The number of carbonyl (C=O) groups is 1. The molecule has 0 radical (unpaired) electrons. The zero-order chi connectivity index (χ0) is 27.4. The van der Waals surface area contributed by atoms with Crippen LogP contribution in [0.3, 0.4) is 0 Å². The molecule has 0 amide bonds. The number of hydrogen-bond donors (Lipinski definition) is 4. The van der Waals surface area contributed by atoms with Crippen LogP contribution in [0.2, 0.25) is 0 Å². The first kappa shape index (κ1) is 33.7. The predicted octanol–water partition coefficient (Wildman–Crippen LogP) is 4.90. The average molecular weight is 531 g/mol. The van der Waals surface area contributed by atoms with E-state index in [9.17, 15) is 25.2 Å². The Morgan fingerprint density at radius 1 is 0.703 bits per heavy atom. The molecule has 3 atom stereocenters. The van der Waals surface area contributed by atoms with E-state index in [0.29, 0.717) is 13.2 Å². The van der Waals surface area contributed by atoms with E-state index in [4.69, 9.17) is 14.2 Å². The molecule has 1 aliphatic heterocycles. The van der Waals surface area contributed by atoms with Gasteiger partial charge in [-0.3, -0.25) is 0 Å². The third-order valence-electron chi connectivity index (χ3n) is 7.00. The fourth-order valence-corrected chi connectivity index (χ4v) is 4.73. The molecule has 37 heavy (non-hydrogen) atoms. The Morgan fingerprint density at radius 3 is 1.62 bits per heavy atom. The molecule has 0 saturated carbocycles. The number of carbonyl (C=O) groups excluding carboxylic acids is 1. The first-order valence-electron chi connectivity index (χ1n) is 14.8. The standard InChI is InChI=1S/C29H54O8/c1-3-5-7-9-11-12-13-14-16-18-20-36-27-26(35-19-17-15-10-8-6-4-2)28(34)37-29(27,25(33)23-31)21-24(32)22-30/h24-25,30-33H,3-23H2,1-2H3/t24?,25-,29+/m0/s1. The highest BCUT2D eigenvalue weighted by molar-refractivity contribution is 5.90. The van der Waals surface area contributed by atoms with Crippen LogP contribution < -0.4 is 0 Å². The van der Waals surface area contributed by atoms with Gasteiger partial charge in [0.25, 0.3) is 0 Å². The van der Waals surface area contributed by atoms with Gasteiger partial charge >= 0.3 is 5.97 Å². The lowest BCUT2D eigenvalue weighted by Gasteiger charge is -2.34. The van der Waals surface area contributed by atoms with Crippen LogP contribution in [-0.2, 0) is 19.0 Å². The third kappa shape index (κ3) is 12.4. The summed E-state index contributed by atoms with van der Waals surface area (Å²) in [6.45, 7) is 3.69. The maximum atomic E-state index is 12.8. The van der Waals surface area contributed by atoms with Crippen LogP contribution in [0.5, 0.6) is 0 Å². The molecule has 1 aliphatic rings. The Labute approximate surface area is 224 Å². The first-order chi connectivity index (χ1) is 18.0. The molecule has 218 valence electrons. The summed E-state index contributed by atoms with van der Waals surface area (Å²) in [4.78, 5) is 12.8. The summed E-state index contributed by atoms with van der Waals surface area (Å²) < 4.78 is 17.3. The Balaban J connectivity index is 2.73. The summed E-state index contributed by atoms with van der Waals surface area (Å²) >= 11 is 0. The van der Waals surface area contributed by atoms with E-state index in [1.54, 1.807) is 0 Å². The van der Waals surface area contributed by atoms with Crippen LogP contribution in [0.25, 0.3) is 0 Å². The first-order valence-corrected chi connectivity index (χ1v) is 14.8. The number of rotatable bonds is 25. The van der Waals surface area contributed by atoms with E-state index >= 15 is 0 Å². The zero-order valence-corrected chi connectivity index (χ0v) is 23.4. The number of cyclic esters (lactones) is 1. The van der Waals surface area contributed by atoms with Crippen molar-refractivity contribution in [1.29, 1.82) is 0 Å². The summed E-state index contributed by atoms with van der Waals surface area (Å²) in [5.74, 6) is -0.895. The Kier molecular flexibility index (Phi) is 18.7. The molecule has 0 aliphatic carbocycles. The highest BCUT2D eigenvalue weighted by atomic mass is 16.6. The second-order valence-electron chi connectivity index (χ2n) is 10.3. The average Bonchev–Trinajstić information content (AvgIpc) is 3.16. The van der Waals surface area contributed by atoms with Crippen molar-refractivity contribution in [2.75, 3.05) is 26.4 Å². The van der Waals surface area contributed by atoms with E-state index in [2.05, 4.69) is 13.8 Å². The van der Waals surface area contributed by atoms with Crippen molar-refractivity contribution in [2.24, 2.45) is 0 Å². The third-order valence-corrected chi connectivity index (χ3v) is 7.00. The molecular weight excluding hydrogens is 476 g/mol. The summed E-state index contributed by atoms with van der Waals surface area (Å²) in [6, 6.07) is 0. The van der Waals surface area contributed by atoms with Crippen LogP contribution in [-0.4, -0.2) is 70.6 Å². The van der Waals surface area contributed by atoms with E-state index in [0.717, 1.165) is 38.5 Å². The quantitative estimate of drug-likeness (QED) is 0.0970. The van der Waals surface area contributed by atoms with Gasteiger partial charge in [0.05, 0.1) is 32.5 Å². The molecule has 1 unspecified atom stereocenters. The van der Waals surface area contributed by atoms with Gasteiger partial charge in [0.15, 0.2) is 5.76 Å². The molecule has 1 rings (SSSR count). The number of esters is 1.